The molecule has 0 atom stereocenters. The molecule has 1 fully saturated rings. The third-order valence-corrected chi connectivity index (χ3v) is 5.79. The van der Waals surface area contributed by atoms with Gasteiger partial charge >= 0.3 is 12.4 Å². The first-order valence-corrected chi connectivity index (χ1v) is 10.9. The van der Waals surface area contributed by atoms with Crippen LogP contribution in [0, 0.1) is 5.92 Å². The number of carbonyl (C=O) groups excluding carboxylic acids is 1. The lowest BCUT2D eigenvalue weighted by molar-refractivity contribution is -0.179. The van der Waals surface area contributed by atoms with Crippen molar-refractivity contribution in [2.45, 2.75) is 30.2 Å². The van der Waals surface area contributed by atoms with Gasteiger partial charge in [-0.3, -0.25) is 4.79 Å². The van der Waals surface area contributed by atoms with Gasteiger partial charge in [-0.05, 0) is 25.0 Å². The predicted molar refractivity (Wildman–Crippen MR) is 104 cm³/mol. The highest BCUT2D eigenvalue weighted by molar-refractivity contribution is 7.89. The van der Waals surface area contributed by atoms with Gasteiger partial charge in [0, 0.05) is 37.2 Å². The topological polar surface area (TPSA) is 118 Å². The van der Waals surface area contributed by atoms with Crippen LogP contribution in [0.2, 0.25) is 0 Å². The van der Waals surface area contributed by atoms with E-state index in [1.165, 1.54) is 11.0 Å². The molecule has 180 valence electrons. The molecule has 33 heavy (non-hydrogen) atoms. The van der Waals surface area contributed by atoms with Gasteiger partial charge in [0.25, 0.3) is 15.9 Å². The molecule has 1 aliphatic heterocycles. The average molecular weight is 497 g/mol. The van der Waals surface area contributed by atoms with Gasteiger partial charge in [-0.25, -0.2) is 23.5 Å². The summed E-state index contributed by atoms with van der Waals surface area (Å²) in [7, 11) is -4.22. The Morgan fingerprint density at radius 3 is 2.27 bits per heavy atom. The molecule has 3 N–H and O–H groups in total. The van der Waals surface area contributed by atoms with E-state index in [0.717, 1.165) is 12.3 Å². The quantitative estimate of drug-likeness (QED) is 0.627. The lowest BCUT2D eigenvalue weighted by Crippen LogP contribution is -2.40. The largest absolute Gasteiger partial charge is 0.417 e. The molecule has 0 radical (unpaired) electrons. The number of nitrogens with one attached hydrogen (secondary N) is 1. The summed E-state index contributed by atoms with van der Waals surface area (Å²) < 4.78 is 101. The molecule has 3 rings (SSSR count). The van der Waals surface area contributed by atoms with Crippen molar-refractivity contribution < 1.29 is 39.6 Å². The second-order valence-electron chi connectivity index (χ2n) is 7.28. The van der Waals surface area contributed by atoms with Crippen molar-refractivity contribution in [1.29, 1.82) is 0 Å². The van der Waals surface area contributed by atoms with Gasteiger partial charge in [0.05, 0.1) is 17.0 Å². The van der Waals surface area contributed by atoms with E-state index in [0.29, 0.717) is 12.3 Å². The number of sulfonamides is 1. The summed E-state index contributed by atoms with van der Waals surface area (Å²) in [5.41, 5.74) is -1.90. The van der Waals surface area contributed by atoms with Gasteiger partial charge < -0.3 is 10.2 Å². The highest BCUT2D eigenvalue weighted by Gasteiger charge is 2.42. The van der Waals surface area contributed by atoms with Crippen LogP contribution in [0.4, 0.5) is 37.8 Å². The van der Waals surface area contributed by atoms with Crippen LogP contribution < -0.4 is 15.4 Å². The van der Waals surface area contributed by atoms with E-state index in [2.05, 4.69) is 15.3 Å². The highest BCUT2D eigenvalue weighted by atomic mass is 32.2. The SMILES string of the molecule is NS(=O)(=O)c1cc(NC(=O)c2cc(C(F)(F)F)cnc2N2CCC(C(F)(F)F)CC2)ccn1. The molecule has 15 heteroatoms. The maximum atomic E-state index is 13.2. The normalized spacial score (nSPS) is 16.0. The fourth-order valence-electron chi connectivity index (χ4n) is 3.29. The number of nitrogens with two attached hydrogens (primary N) is 1. The van der Waals surface area contributed by atoms with Gasteiger partial charge in [-0.2, -0.15) is 26.3 Å². The van der Waals surface area contributed by atoms with E-state index in [-0.39, 0.29) is 37.4 Å². The molecule has 1 aliphatic rings. The molecule has 1 amide bonds. The first kappa shape index (κ1) is 24.7. The van der Waals surface area contributed by atoms with Crippen molar-refractivity contribution >= 4 is 27.4 Å². The summed E-state index contributed by atoms with van der Waals surface area (Å²) in [6, 6.07) is 2.63. The number of pyridine rings is 2. The van der Waals surface area contributed by atoms with Crippen molar-refractivity contribution in [2.24, 2.45) is 11.1 Å². The van der Waals surface area contributed by atoms with Crippen molar-refractivity contribution in [2.75, 3.05) is 23.3 Å². The number of alkyl halides is 6. The van der Waals surface area contributed by atoms with Gasteiger partial charge in [0.2, 0.25) is 0 Å². The summed E-state index contributed by atoms with van der Waals surface area (Å²) >= 11 is 0. The molecular formula is C18H17F6N5O3S. The Morgan fingerprint density at radius 2 is 1.73 bits per heavy atom. The third kappa shape index (κ3) is 5.90. The zero-order chi connectivity index (χ0) is 24.6. The van der Waals surface area contributed by atoms with Gasteiger partial charge in [0.15, 0.2) is 5.03 Å². The van der Waals surface area contributed by atoms with E-state index in [4.69, 9.17) is 5.14 Å². The molecule has 0 saturated carbocycles. The van der Waals surface area contributed by atoms with Gasteiger partial charge in [0.1, 0.15) is 5.82 Å². The Balaban J connectivity index is 1.93. The molecule has 0 aliphatic carbocycles. The first-order chi connectivity index (χ1) is 15.2. The van der Waals surface area contributed by atoms with Crippen LogP contribution in [0.15, 0.2) is 35.6 Å². The van der Waals surface area contributed by atoms with Crippen molar-refractivity contribution in [1.82, 2.24) is 9.97 Å². The number of anilines is 2. The Hall–Kier alpha value is -2.94. The fourth-order valence-corrected chi connectivity index (χ4v) is 3.79. The Morgan fingerprint density at radius 1 is 1.09 bits per heavy atom. The second-order valence-corrected chi connectivity index (χ2v) is 8.79. The number of hydrogen-bond acceptors (Lipinski definition) is 6. The highest BCUT2D eigenvalue weighted by Crippen LogP contribution is 2.37. The Bertz CT molecular complexity index is 1140. The van der Waals surface area contributed by atoms with Crippen LogP contribution in [0.3, 0.4) is 0 Å². The number of carbonyl (C=O) groups is 1. The minimum atomic E-state index is -4.83. The molecule has 2 aromatic heterocycles. The number of primary sulfonamides is 1. The minimum Gasteiger partial charge on any atom is -0.356 e. The van der Waals surface area contributed by atoms with Crippen LogP contribution in [0.5, 0.6) is 0 Å². The fraction of sp³-hybridized carbons (Fsp3) is 0.389. The number of amides is 1. The van der Waals surface area contributed by atoms with Gasteiger partial charge in [-0.1, -0.05) is 0 Å². The summed E-state index contributed by atoms with van der Waals surface area (Å²) in [5, 5.41) is 6.64. The first-order valence-electron chi connectivity index (χ1n) is 9.35. The zero-order valence-corrected chi connectivity index (χ0v) is 17.4. The van der Waals surface area contributed by atoms with E-state index < -0.39 is 50.4 Å². The van der Waals surface area contributed by atoms with Crippen LogP contribution >= 0.6 is 0 Å². The lowest BCUT2D eigenvalue weighted by atomic mass is 9.96. The number of hydrogen-bond donors (Lipinski definition) is 2. The summed E-state index contributed by atoms with van der Waals surface area (Å²) in [4.78, 5) is 21.4. The number of halogens is 6. The molecule has 0 unspecified atom stereocenters. The second kappa shape index (κ2) is 8.78. The maximum absolute atomic E-state index is 13.2. The van der Waals surface area contributed by atoms with Crippen LogP contribution in [-0.2, 0) is 16.2 Å². The van der Waals surface area contributed by atoms with Crippen molar-refractivity contribution in [3.05, 3.63) is 41.7 Å². The maximum Gasteiger partial charge on any atom is 0.417 e. The van der Waals surface area contributed by atoms with E-state index in [1.807, 2.05) is 0 Å². The Kier molecular flexibility index (Phi) is 6.57. The number of rotatable bonds is 4. The van der Waals surface area contributed by atoms with E-state index >= 15 is 0 Å². The molecule has 1 saturated heterocycles. The summed E-state index contributed by atoms with van der Waals surface area (Å²) in [5.74, 6) is -2.86. The predicted octanol–water partition coefficient (Wildman–Crippen LogP) is 3.17. The molecule has 3 heterocycles. The minimum absolute atomic E-state index is 0.127. The third-order valence-electron chi connectivity index (χ3n) is 4.98. The zero-order valence-electron chi connectivity index (χ0n) is 16.6. The smallest absolute Gasteiger partial charge is 0.356 e. The number of aromatic nitrogens is 2. The monoisotopic (exact) mass is 497 g/mol. The van der Waals surface area contributed by atoms with Crippen LogP contribution in [-0.4, -0.2) is 43.6 Å². The molecule has 0 aromatic carbocycles. The lowest BCUT2D eigenvalue weighted by Gasteiger charge is -2.34. The summed E-state index contributed by atoms with van der Waals surface area (Å²) in [6.45, 7) is -0.346. The van der Waals surface area contributed by atoms with Gasteiger partial charge in [-0.15, -0.1) is 0 Å². The van der Waals surface area contributed by atoms with Crippen LogP contribution in [0.1, 0.15) is 28.8 Å². The standard InChI is InChI=1S/C18H17F6N5O3S/c19-17(20,21)10-2-5-29(6-3-10)15-13(7-11(9-27-15)18(22,23)24)16(30)28-12-1-4-26-14(8-12)33(25,31)32/h1,4,7-10H,2-3,5-6H2,(H2,25,31,32)(H,26,28,30). The van der Waals surface area contributed by atoms with E-state index in [1.54, 1.807) is 0 Å². The van der Waals surface area contributed by atoms with Crippen molar-refractivity contribution in [3.8, 4) is 0 Å². The molecule has 8 nitrogen and oxygen atoms in total. The molecular weight excluding hydrogens is 480 g/mol. The number of piperidine rings is 1. The molecule has 0 spiro atoms. The number of nitrogens with zero attached hydrogens (tertiary/aromatic N) is 3. The van der Waals surface area contributed by atoms with Crippen molar-refractivity contribution in [3.63, 3.8) is 0 Å². The molecule has 0 bridgehead atoms. The van der Waals surface area contributed by atoms with E-state index in [9.17, 15) is 39.6 Å². The average Bonchev–Trinajstić information content (AvgIpc) is 2.71. The summed E-state index contributed by atoms with van der Waals surface area (Å²) in [6.07, 6.45) is -8.34. The Labute approximate surface area is 183 Å². The molecule has 2 aromatic rings. The van der Waals surface area contributed by atoms with Crippen LogP contribution in [0.25, 0.3) is 0 Å².